The number of hydrogen-bond acceptors (Lipinski definition) is 4. The molecule has 0 fully saturated rings. The van der Waals surface area contributed by atoms with E-state index in [2.05, 4.69) is 15.1 Å². The Morgan fingerprint density at radius 1 is 1.20 bits per heavy atom. The van der Waals surface area contributed by atoms with Crippen LogP contribution in [-0.2, 0) is 5.41 Å². The molecule has 0 bridgehead atoms. The van der Waals surface area contributed by atoms with Crippen molar-refractivity contribution in [3.63, 3.8) is 0 Å². The van der Waals surface area contributed by atoms with Crippen molar-refractivity contribution in [3.8, 4) is 11.6 Å². The monoisotopic (exact) mass is 203 g/mol. The van der Waals surface area contributed by atoms with Crippen molar-refractivity contribution >= 4 is 0 Å². The molecule has 0 atom stereocenters. The lowest BCUT2D eigenvalue weighted by atomic mass is 9.96. The highest BCUT2D eigenvalue weighted by atomic mass is 16.5. The van der Waals surface area contributed by atoms with E-state index in [1.165, 1.54) is 0 Å². The summed E-state index contributed by atoms with van der Waals surface area (Å²) in [5.74, 6) is 1.17. The predicted octanol–water partition coefficient (Wildman–Crippen LogP) is 2.43. The highest BCUT2D eigenvalue weighted by Gasteiger charge is 2.21. The Morgan fingerprint density at radius 3 is 2.53 bits per heavy atom. The molecule has 4 nitrogen and oxygen atoms in total. The normalized spacial score (nSPS) is 11.7. The Bertz CT molecular complexity index is 442. The number of nitrogens with zero attached hydrogens (tertiary/aromatic N) is 3. The highest BCUT2D eigenvalue weighted by Crippen LogP contribution is 2.21. The third kappa shape index (κ3) is 2.03. The molecule has 0 aliphatic heterocycles. The third-order valence-electron chi connectivity index (χ3n) is 1.98. The molecule has 2 aromatic rings. The maximum absolute atomic E-state index is 5.15. The maximum Gasteiger partial charge on any atom is 0.276 e. The van der Waals surface area contributed by atoms with Gasteiger partial charge in [0.25, 0.3) is 5.89 Å². The number of aromatic nitrogens is 3. The minimum absolute atomic E-state index is 0.101. The minimum Gasteiger partial charge on any atom is -0.332 e. The topological polar surface area (TPSA) is 51.8 Å². The molecule has 0 spiro atoms. The van der Waals surface area contributed by atoms with Crippen LogP contribution in [-0.4, -0.2) is 15.1 Å². The number of rotatable bonds is 1. The Balaban J connectivity index is 2.37. The van der Waals surface area contributed by atoms with Crippen LogP contribution in [0.4, 0.5) is 0 Å². The Morgan fingerprint density at radius 2 is 2.00 bits per heavy atom. The van der Waals surface area contributed by atoms with Crippen molar-refractivity contribution in [2.75, 3.05) is 0 Å². The molecule has 0 radical (unpaired) electrons. The van der Waals surface area contributed by atoms with Gasteiger partial charge in [0.15, 0.2) is 5.82 Å². The number of hydrogen-bond donors (Lipinski definition) is 0. The molecule has 0 saturated carbocycles. The number of pyridine rings is 1. The summed E-state index contributed by atoms with van der Waals surface area (Å²) in [5.41, 5.74) is 0.608. The summed E-state index contributed by atoms with van der Waals surface area (Å²) in [6, 6.07) is 5.59. The summed E-state index contributed by atoms with van der Waals surface area (Å²) in [6.07, 6.45) is 1.70. The van der Waals surface area contributed by atoms with Crippen LogP contribution in [0.1, 0.15) is 26.6 Å². The molecule has 4 heteroatoms. The zero-order valence-corrected chi connectivity index (χ0v) is 9.06. The smallest absolute Gasteiger partial charge is 0.276 e. The average Bonchev–Trinajstić information content (AvgIpc) is 2.67. The molecule has 0 N–H and O–H groups in total. The molecular weight excluding hydrogens is 190 g/mol. The Hall–Kier alpha value is -1.71. The molecule has 0 aromatic carbocycles. The summed E-state index contributed by atoms with van der Waals surface area (Å²) in [6.45, 7) is 6.13. The lowest BCUT2D eigenvalue weighted by molar-refractivity contribution is 0.401. The van der Waals surface area contributed by atoms with E-state index < -0.39 is 0 Å². The van der Waals surface area contributed by atoms with Gasteiger partial charge in [-0.1, -0.05) is 32.0 Å². The molecule has 0 aliphatic rings. The molecule has 15 heavy (non-hydrogen) atoms. The van der Waals surface area contributed by atoms with Gasteiger partial charge < -0.3 is 4.52 Å². The van der Waals surface area contributed by atoms with Gasteiger partial charge >= 0.3 is 0 Å². The van der Waals surface area contributed by atoms with Gasteiger partial charge in [0.2, 0.25) is 0 Å². The second-order valence-corrected chi connectivity index (χ2v) is 4.39. The fraction of sp³-hybridized carbons (Fsp3) is 0.364. The van der Waals surface area contributed by atoms with E-state index in [1.807, 2.05) is 39.0 Å². The summed E-state index contributed by atoms with van der Waals surface area (Å²) < 4.78 is 5.15. The SMILES string of the molecule is CC(C)(C)c1noc(-c2ccccn2)n1. The first-order valence-electron chi connectivity index (χ1n) is 4.83. The van der Waals surface area contributed by atoms with Gasteiger partial charge in [-0.2, -0.15) is 4.98 Å². The van der Waals surface area contributed by atoms with Crippen molar-refractivity contribution < 1.29 is 4.52 Å². The zero-order valence-electron chi connectivity index (χ0n) is 9.06. The van der Waals surface area contributed by atoms with Crippen LogP contribution in [0, 0.1) is 0 Å². The fourth-order valence-electron chi connectivity index (χ4n) is 1.12. The molecule has 0 aliphatic carbocycles. The molecule has 2 heterocycles. The Labute approximate surface area is 88.4 Å². The third-order valence-corrected chi connectivity index (χ3v) is 1.98. The van der Waals surface area contributed by atoms with Crippen LogP contribution in [0.5, 0.6) is 0 Å². The second kappa shape index (κ2) is 3.46. The van der Waals surface area contributed by atoms with E-state index in [9.17, 15) is 0 Å². The van der Waals surface area contributed by atoms with E-state index in [1.54, 1.807) is 6.20 Å². The standard InChI is InChI=1S/C11H13N3O/c1-11(2,3)10-13-9(15-14-10)8-6-4-5-7-12-8/h4-7H,1-3H3. The van der Waals surface area contributed by atoms with Gasteiger partial charge in [-0.25, -0.2) is 0 Å². The molecule has 78 valence electrons. The molecule has 2 aromatic heterocycles. The lowest BCUT2D eigenvalue weighted by Crippen LogP contribution is -2.13. The molecule has 0 saturated heterocycles. The first kappa shape index (κ1) is 9.83. The van der Waals surface area contributed by atoms with E-state index in [0.29, 0.717) is 17.4 Å². The van der Waals surface area contributed by atoms with Crippen LogP contribution < -0.4 is 0 Å². The van der Waals surface area contributed by atoms with Gasteiger partial charge in [0.05, 0.1) is 0 Å². The first-order chi connectivity index (χ1) is 7.07. The Kier molecular flexibility index (Phi) is 2.26. The highest BCUT2D eigenvalue weighted by molar-refractivity contribution is 5.45. The van der Waals surface area contributed by atoms with Crippen LogP contribution in [0.2, 0.25) is 0 Å². The van der Waals surface area contributed by atoms with Crippen LogP contribution in [0.15, 0.2) is 28.9 Å². The molecular formula is C11H13N3O. The second-order valence-electron chi connectivity index (χ2n) is 4.39. The van der Waals surface area contributed by atoms with Crippen molar-refractivity contribution in [1.82, 2.24) is 15.1 Å². The first-order valence-corrected chi connectivity index (χ1v) is 4.83. The fourth-order valence-corrected chi connectivity index (χ4v) is 1.12. The summed E-state index contributed by atoms with van der Waals surface area (Å²) in [7, 11) is 0. The van der Waals surface area contributed by atoms with Crippen molar-refractivity contribution in [2.24, 2.45) is 0 Å². The van der Waals surface area contributed by atoms with Crippen molar-refractivity contribution in [3.05, 3.63) is 30.2 Å². The molecule has 0 unspecified atom stereocenters. The average molecular weight is 203 g/mol. The lowest BCUT2D eigenvalue weighted by Gasteiger charge is -2.10. The van der Waals surface area contributed by atoms with Crippen LogP contribution >= 0.6 is 0 Å². The van der Waals surface area contributed by atoms with Crippen LogP contribution in [0.3, 0.4) is 0 Å². The quantitative estimate of drug-likeness (QED) is 0.714. The minimum atomic E-state index is -0.101. The van der Waals surface area contributed by atoms with Crippen molar-refractivity contribution in [2.45, 2.75) is 26.2 Å². The summed E-state index contributed by atoms with van der Waals surface area (Å²) in [4.78, 5) is 8.46. The summed E-state index contributed by atoms with van der Waals surface area (Å²) in [5, 5.41) is 3.94. The van der Waals surface area contributed by atoms with Crippen LogP contribution in [0.25, 0.3) is 11.6 Å². The maximum atomic E-state index is 5.15. The van der Waals surface area contributed by atoms with Gasteiger partial charge in [-0.15, -0.1) is 0 Å². The predicted molar refractivity (Wildman–Crippen MR) is 56.2 cm³/mol. The van der Waals surface area contributed by atoms with Gasteiger partial charge in [-0.05, 0) is 12.1 Å². The van der Waals surface area contributed by atoms with Gasteiger partial charge in [-0.3, -0.25) is 4.98 Å². The van der Waals surface area contributed by atoms with Crippen molar-refractivity contribution in [1.29, 1.82) is 0 Å². The zero-order chi connectivity index (χ0) is 10.9. The molecule has 0 amide bonds. The van der Waals surface area contributed by atoms with E-state index in [0.717, 1.165) is 0 Å². The largest absolute Gasteiger partial charge is 0.332 e. The van der Waals surface area contributed by atoms with Gasteiger partial charge in [0, 0.05) is 11.6 Å². The van der Waals surface area contributed by atoms with E-state index in [4.69, 9.17) is 4.52 Å². The summed E-state index contributed by atoms with van der Waals surface area (Å²) >= 11 is 0. The van der Waals surface area contributed by atoms with E-state index >= 15 is 0 Å². The van der Waals surface area contributed by atoms with Gasteiger partial charge in [0.1, 0.15) is 5.69 Å². The van der Waals surface area contributed by atoms with E-state index in [-0.39, 0.29) is 5.41 Å². The molecule has 2 rings (SSSR count).